The maximum absolute atomic E-state index is 12.3. The summed E-state index contributed by atoms with van der Waals surface area (Å²) in [5, 5.41) is 1.57. The minimum Gasteiger partial charge on any atom is -0.345 e. The number of hydrogen-bond donors (Lipinski definition) is 0. The third-order valence-corrected chi connectivity index (χ3v) is 2.88. The second-order valence-electron chi connectivity index (χ2n) is 5.36. The van der Waals surface area contributed by atoms with Crippen molar-refractivity contribution < 1.29 is 14.4 Å². The molecule has 1 rings (SSSR count). The summed E-state index contributed by atoms with van der Waals surface area (Å²) in [6, 6.07) is 5.10. The van der Waals surface area contributed by atoms with E-state index in [1.807, 2.05) is 0 Å². The molecular weight excluding hydrogens is 270 g/mol. The average molecular weight is 293 g/mol. The maximum Gasteiger partial charge on any atom is 0.253 e. The van der Waals surface area contributed by atoms with Gasteiger partial charge in [-0.05, 0) is 17.7 Å². The predicted octanol–water partition coefficient (Wildman–Crippen LogP) is 1.08. The zero-order chi connectivity index (χ0) is 16.2. The van der Waals surface area contributed by atoms with Crippen molar-refractivity contribution in [3.05, 3.63) is 34.9 Å². The molecule has 0 aliphatic carbocycles. The van der Waals surface area contributed by atoms with Gasteiger partial charge in [-0.3, -0.25) is 14.4 Å². The molecule has 0 atom stereocenters. The first kappa shape index (κ1) is 17.1. The van der Waals surface area contributed by atoms with Gasteiger partial charge in [0.05, 0.1) is 6.61 Å². The van der Waals surface area contributed by atoms with Crippen LogP contribution in [0.1, 0.15) is 26.3 Å². The van der Waals surface area contributed by atoms with Crippen LogP contribution in [-0.4, -0.2) is 69.0 Å². The van der Waals surface area contributed by atoms with E-state index < -0.39 is 0 Å². The molecule has 0 aromatic heterocycles. The Kier molecular flexibility index (Phi) is 5.87. The molecule has 6 heteroatoms. The van der Waals surface area contributed by atoms with E-state index in [0.717, 1.165) is 5.56 Å². The second-order valence-corrected chi connectivity index (χ2v) is 5.36. The van der Waals surface area contributed by atoms with E-state index in [1.165, 1.54) is 9.80 Å². The molecule has 1 aromatic carbocycles. The lowest BCUT2D eigenvalue weighted by atomic mass is 10.0. The van der Waals surface area contributed by atoms with Crippen LogP contribution in [0, 0.1) is 0 Å². The van der Waals surface area contributed by atoms with Gasteiger partial charge >= 0.3 is 0 Å². The van der Waals surface area contributed by atoms with Crippen LogP contribution in [0.25, 0.3) is 0 Å². The molecule has 0 radical (unpaired) electrons. The third-order valence-electron chi connectivity index (χ3n) is 2.88. The first-order chi connectivity index (χ1) is 9.73. The van der Waals surface area contributed by atoms with Crippen molar-refractivity contribution in [2.45, 2.75) is 6.61 Å². The van der Waals surface area contributed by atoms with E-state index in [1.54, 1.807) is 65.5 Å². The Bertz CT molecular complexity index is 525. The molecule has 0 fully saturated rings. The van der Waals surface area contributed by atoms with Crippen LogP contribution in [0.2, 0.25) is 0 Å². The molecule has 0 N–H and O–H groups in total. The van der Waals surface area contributed by atoms with Crippen LogP contribution in [0.3, 0.4) is 0 Å². The Balaban J connectivity index is 3.20. The van der Waals surface area contributed by atoms with Crippen molar-refractivity contribution in [3.8, 4) is 0 Å². The van der Waals surface area contributed by atoms with Gasteiger partial charge in [-0.15, -0.1) is 0 Å². The lowest BCUT2D eigenvalue weighted by Gasteiger charge is -2.18. The van der Waals surface area contributed by atoms with Crippen molar-refractivity contribution in [2.24, 2.45) is 0 Å². The minimum absolute atomic E-state index is 0.136. The first-order valence-electron chi connectivity index (χ1n) is 6.60. The summed E-state index contributed by atoms with van der Waals surface area (Å²) in [4.78, 5) is 32.7. The van der Waals surface area contributed by atoms with E-state index in [2.05, 4.69) is 0 Å². The maximum atomic E-state index is 12.3. The number of hydrogen-bond acceptors (Lipinski definition) is 4. The average Bonchev–Trinajstić information content (AvgIpc) is 2.42. The van der Waals surface area contributed by atoms with Crippen LogP contribution in [0.15, 0.2) is 18.2 Å². The summed E-state index contributed by atoms with van der Waals surface area (Å²) >= 11 is 0. The summed E-state index contributed by atoms with van der Waals surface area (Å²) < 4.78 is 0. The number of rotatable bonds is 5. The van der Waals surface area contributed by atoms with Gasteiger partial charge < -0.3 is 9.80 Å². The van der Waals surface area contributed by atoms with Crippen LogP contribution in [0.4, 0.5) is 0 Å². The minimum atomic E-state index is -0.152. The molecule has 0 aliphatic heterocycles. The molecule has 21 heavy (non-hydrogen) atoms. The van der Waals surface area contributed by atoms with Gasteiger partial charge in [0.2, 0.25) is 0 Å². The Morgan fingerprint density at radius 2 is 1.52 bits per heavy atom. The lowest BCUT2D eigenvalue weighted by Crippen LogP contribution is -2.26. The van der Waals surface area contributed by atoms with Gasteiger partial charge in [0.15, 0.2) is 0 Å². The fourth-order valence-electron chi connectivity index (χ4n) is 1.73. The molecule has 0 unspecified atom stereocenters. The second kappa shape index (κ2) is 7.19. The molecule has 0 bridgehead atoms. The van der Waals surface area contributed by atoms with E-state index in [-0.39, 0.29) is 18.4 Å². The standard InChI is InChI=1S/C15H23N3O3/c1-16(2)14(19)11-7-8-12(10-21-18(5)6)13(9-11)15(20)17(3)4/h7-9H,10H2,1-6H3. The first-order valence-corrected chi connectivity index (χ1v) is 6.60. The molecule has 0 aliphatic rings. The molecule has 6 nitrogen and oxygen atoms in total. The normalized spacial score (nSPS) is 10.6. The quantitative estimate of drug-likeness (QED) is 0.763. The van der Waals surface area contributed by atoms with Gasteiger partial charge in [-0.2, -0.15) is 5.06 Å². The summed E-state index contributed by atoms with van der Waals surface area (Å²) in [6.45, 7) is 0.276. The number of carbonyl (C=O) groups excluding carboxylic acids is 2. The smallest absolute Gasteiger partial charge is 0.253 e. The Labute approximate surface area is 125 Å². The number of carbonyl (C=O) groups is 2. The van der Waals surface area contributed by atoms with Crippen molar-refractivity contribution in [3.63, 3.8) is 0 Å². The third kappa shape index (κ3) is 4.54. The fraction of sp³-hybridized carbons (Fsp3) is 0.467. The van der Waals surface area contributed by atoms with Crippen molar-refractivity contribution in [2.75, 3.05) is 42.3 Å². The molecule has 0 spiro atoms. The SMILES string of the molecule is CN(C)OCc1ccc(C(=O)N(C)C)cc1C(=O)N(C)C. The molecule has 2 amide bonds. The molecule has 0 saturated carbocycles. The van der Waals surface area contributed by atoms with E-state index in [0.29, 0.717) is 11.1 Å². The van der Waals surface area contributed by atoms with Gasteiger partial charge in [0.25, 0.3) is 11.8 Å². The zero-order valence-corrected chi connectivity index (χ0v) is 13.5. The van der Waals surface area contributed by atoms with Gasteiger partial charge in [0.1, 0.15) is 0 Å². The Morgan fingerprint density at radius 1 is 0.952 bits per heavy atom. The van der Waals surface area contributed by atoms with Crippen LogP contribution in [0.5, 0.6) is 0 Å². The highest BCUT2D eigenvalue weighted by Crippen LogP contribution is 2.16. The van der Waals surface area contributed by atoms with Crippen LogP contribution < -0.4 is 0 Å². The van der Waals surface area contributed by atoms with Crippen LogP contribution >= 0.6 is 0 Å². The number of hydroxylamine groups is 2. The Morgan fingerprint density at radius 3 is 2.00 bits per heavy atom. The van der Waals surface area contributed by atoms with E-state index >= 15 is 0 Å². The highest BCUT2D eigenvalue weighted by molar-refractivity contribution is 6.00. The summed E-state index contributed by atoms with van der Waals surface area (Å²) in [5.74, 6) is -0.288. The fourth-order valence-corrected chi connectivity index (χ4v) is 1.73. The molecule has 0 saturated heterocycles. The zero-order valence-electron chi connectivity index (χ0n) is 13.5. The van der Waals surface area contributed by atoms with Crippen molar-refractivity contribution in [1.82, 2.24) is 14.9 Å². The van der Waals surface area contributed by atoms with Gasteiger partial charge in [-0.25, -0.2) is 0 Å². The Hall–Kier alpha value is -1.92. The highest BCUT2D eigenvalue weighted by Gasteiger charge is 2.17. The molecule has 0 heterocycles. The van der Waals surface area contributed by atoms with Crippen LogP contribution in [-0.2, 0) is 11.4 Å². The van der Waals surface area contributed by atoms with Gasteiger partial charge in [0, 0.05) is 53.4 Å². The predicted molar refractivity (Wildman–Crippen MR) is 81.0 cm³/mol. The number of amides is 2. The highest BCUT2D eigenvalue weighted by atomic mass is 16.7. The monoisotopic (exact) mass is 293 g/mol. The summed E-state index contributed by atoms with van der Waals surface area (Å²) in [7, 11) is 10.3. The molecular formula is C15H23N3O3. The van der Waals surface area contributed by atoms with Crippen molar-refractivity contribution >= 4 is 11.8 Å². The number of benzene rings is 1. The van der Waals surface area contributed by atoms with Gasteiger partial charge in [-0.1, -0.05) is 6.07 Å². The summed E-state index contributed by atoms with van der Waals surface area (Å²) in [5.41, 5.74) is 1.71. The van der Waals surface area contributed by atoms with E-state index in [9.17, 15) is 9.59 Å². The number of nitrogens with zero attached hydrogens (tertiary/aromatic N) is 3. The van der Waals surface area contributed by atoms with E-state index in [4.69, 9.17) is 4.84 Å². The largest absolute Gasteiger partial charge is 0.345 e. The van der Waals surface area contributed by atoms with Crippen molar-refractivity contribution in [1.29, 1.82) is 0 Å². The lowest BCUT2D eigenvalue weighted by molar-refractivity contribution is -0.130. The summed E-state index contributed by atoms with van der Waals surface area (Å²) in [6.07, 6.45) is 0. The molecule has 1 aromatic rings. The molecule has 116 valence electrons. The topological polar surface area (TPSA) is 53.1 Å².